The molecule has 6 N–H and O–H groups in total. The lowest BCUT2D eigenvalue weighted by atomic mass is 9.99. The number of aliphatic hydroxyl groups excluding tert-OH is 5. The van der Waals surface area contributed by atoms with Gasteiger partial charge in [0.25, 0.3) is 0 Å². The van der Waals surface area contributed by atoms with E-state index in [1.54, 1.807) is 6.08 Å². The standard InChI is InChI=1S/C66H129NO8/c1-3-5-7-9-11-13-15-17-19-21-23-25-27-29-30-32-34-36-38-40-42-44-46-48-50-52-54-56-62(70)67-59(58-74-66-65(73)64(72)63(71)61(57-68)75-66)60(69)55-53-51-49-47-45-43-41-39-37-35-33-31-28-26-24-22-20-18-16-14-12-10-8-6-4-2/h53,55,59-61,63-66,68-69,71-73H,3-52,54,56-58H2,1-2H3,(H,67,70)/b55-53+. The van der Waals surface area contributed by atoms with Crippen LogP contribution >= 0.6 is 0 Å². The van der Waals surface area contributed by atoms with Crippen LogP contribution in [0.15, 0.2) is 12.2 Å². The minimum atomic E-state index is -1.56. The lowest BCUT2D eigenvalue weighted by Crippen LogP contribution is -2.60. The molecule has 75 heavy (non-hydrogen) atoms. The Bertz CT molecular complexity index is 1190. The van der Waals surface area contributed by atoms with Crippen LogP contribution in [0.2, 0.25) is 0 Å². The molecule has 1 rings (SSSR count). The van der Waals surface area contributed by atoms with E-state index in [0.29, 0.717) is 6.42 Å². The smallest absolute Gasteiger partial charge is 0.220 e. The summed E-state index contributed by atoms with van der Waals surface area (Å²) >= 11 is 0. The molecule has 446 valence electrons. The van der Waals surface area contributed by atoms with Crippen molar-refractivity contribution in [1.82, 2.24) is 5.32 Å². The Morgan fingerprint density at radius 1 is 0.440 bits per heavy atom. The summed E-state index contributed by atoms with van der Waals surface area (Å²) in [6.07, 6.45) is 64.5. The lowest BCUT2D eigenvalue weighted by molar-refractivity contribution is -0.302. The molecule has 1 aliphatic heterocycles. The largest absolute Gasteiger partial charge is 0.394 e. The zero-order chi connectivity index (χ0) is 54.3. The average Bonchev–Trinajstić information content (AvgIpc) is 3.41. The van der Waals surface area contributed by atoms with Crippen LogP contribution in [0.3, 0.4) is 0 Å². The van der Waals surface area contributed by atoms with Crippen molar-refractivity contribution in [2.75, 3.05) is 13.2 Å². The van der Waals surface area contributed by atoms with E-state index in [1.807, 2.05) is 6.08 Å². The van der Waals surface area contributed by atoms with Crippen LogP contribution in [0.1, 0.15) is 348 Å². The number of aliphatic hydroxyl groups is 5. The molecule has 0 aromatic rings. The van der Waals surface area contributed by atoms with Crippen molar-refractivity contribution >= 4 is 5.91 Å². The highest BCUT2D eigenvalue weighted by molar-refractivity contribution is 5.76. The number of carbonyl (C=O) groups is 1. The van der Waals surface area contributed by atoms with Crippen molar-refractivity contribution in [1.29, 1.82) is 0 Å². The van der Waals surface area contributed by atoms with Gasteiger partial charge in [-0.15, -0.1) is 0 Å². The van der Waals surface area contributed by atoms with Crippen LogP contribution in [0.25, 0.3) is 0 Å². The van der Waals surface area contributed by atoms with E-state index < -0.39 is 49.5 Å². The molecule has 9 nitrogen and oxygen atoms in total. The van der Waals surface area contributed by atoms with Gasteiger partial charge in [0, 0.05) is 6.42 Å². The Kier molecular flexibility index (Phi) is 53.9. The first-order valence-corrected chi connectivity index (χ1v) is 33.4. The Hall–Kier alpha value is -1.07. The highest BCUT2D eigenvalue weighted by Crippen LogP contribution is 2.23. The molecule has 7 atom stereocenters. The van der Waals surface area contributed by atoms with Crippen LogP contribution in [0, 0.1) is 0 Å². The van der Waals surface area contributed by atoms with Gasteiger partial charge in [0.15, 0.2) is 6.29 Å². The fourth-order valence-corrected chi connectivity index (χ4v) is 11.1. The Balaban J connectivity index is 2.14. The molecule has 0 saturated carbocycles. The molecular formula is C66H129NO8. The topological polar surface area (TPSA) is 149 Å². The number of hydrogen-bond acceptors (Lipinski definition) is 8. The number of allylic oxidation sites excluding steroid dienone is 1. The number of amides is 1. The summed E-state index contributed by atoms with van der Waals surface area (Å²) in [7, 11) is 0. The van der Waals surface area contributed by atoms with Crippen LogP contribution in [0.4, 0.5) is 0 Å². The summed E-state index contributed by atoms with van der Waals surface area (Å²) < 4.78 is 11.3. The molecule has 0 aromatic heterocycles. The van der Waals surface area contributed by atoms with E-state index >= 15 is 0 Å². The molecule has 1 saturated heterocycles. The number of rotatable bonds is 59. The van der Waals surface area contributed by atoms with E-state index in [-0.39, 0.29) is 12.5 Å². The first kappa shape index (κ1) is 71.9. The second kappa shape index (κ2) is 56.2. The summed E-state index contributed by atoms with van der Waals surface area (Å²) in [5.74, 6) is -0.167. The zero-order valence-corrected chi connectivity index (χ0v) is 49.8. The maximum Gasteiger partial charge on any atom is 0.220 e. The van der Waals surface area contributed by atoms with Crippen molar-refractivity contribution in [3.8, 4) is 0 Å². The fraction of sp³-hybridized carbons (Fsp3) is 0.955. The third kappa shape index (κ3) is 45.4. The third-order valence-electron chi connectivity index (χ3n) is 16.4. The van der Waals surface area contributed by atoms with Crippen molar-refractivity contribution < 1.29 is 39.8 Å². The molecular weight excluding hydrogens is 935 g/mol. The fourth-order valence-electron chi connectivity index (χ4n) is 11.1. The number of carbonyl (C=O) groups excluding carboxylic acids is 1. The Labute approximate surface area is 465 Å². The number of unbranched alkanes of at least 4 members (excludes halogenated alkanes) is 49. The highest BCUT2D eigenvalue weighted by atomic mass is 16.7. The zero-order valence-electron chi connectivity index (χ0n) is 49.8. The molecule has 1 fully saturated rings. The van der Waals surface area contributed by atoms with E-state index in [9.17, 15) is 30.3 Å². The first-order valence-electron chi connectivity index (χ1n) is 33.4. The molecule has 1 aliphatic rings. The Morgan fingerprint density at radius 2 is 0.733 bits per heavy atom. The van der Waals surface area contributed by atoms with Gasteiger partial charge in [-0.3, -0.25) is 4.79 Å². The maximum atomic E-state index is 13.1. The van der Waals surface area contributed by atoms with Crippen LogP contribution in [-0.2, 0) is 14.3 Å². The van der Waals surface area contributed by atoms with Gasteiger partial charge in [0.1, 0.15) is 24.4 Å². The minimum absolute atomic E-state index is 0.167. The maximum absolute atomic E-state index is 13.1. The van der Waals surface area contributed by atoms with Crippen molar-refractivity contribution in [2.45, 2.75) is 391 Å². The van der Waals surface area contributed by atoms with Crippen molar-refractivity contribution in [3.05, 3.63) is 12.2 Å². The number of hydrogen-bond donors (Lipinski definition) is 6. The molecule has 7 unspecified atom stereocenters. The predicted molar refractivity (Wildman–Crippen MR) is 318 cm³/mol. The van der Waals surface area contributed by atoms with Gasteiger partial charge in [0.2, 0.25) is 5.91 Å². The second-order valence-electron chi connectivity index (χ2n) is 23.6. The molecule has 0 spiro atoms. The predicted octanol–water partition coefficient (Wildman–Crippen LogP) is 17.5. The summed E-state index contributed by atoms with van der Waals surface area (Å²) in [5.41, 5.74) is 0. The van der Waals surface area contributed by atoms with Crippen molar-refractivity contribution in [3.63, 3.8) is 0 Å². The number of ether oxygens (including phenoxy) is 2. The van der Waals surface area contributed by atoms with Gasteiger partial charge in [0.05, 0.1) is 25.4 Å². The monoisotopic (exact) mass is 1060 g/mol. The van der Waals surface area contributed by atoms with E-state index in [1.165, 1.54) is 289 Å². The summed E-state index contributed by atoms with van der Waals surface area (Å²) in [6.45, 7) is 3.84. The molecule has 1 amide bonds. The van der Waals surface area contributed by atoms with Crippen LogP contribution in [-0.4, -0.2) is 87.5 Å². The van der Waals surface area contributed by atoms with Gasteiger partial charge in [-0.2, -0.15) is 0 Å². The molecule has 0 aromatic carbocycles. The van der Waals surface area contributed by atoms with Gasteiger partial charge in [-0.25, -0.2) is 0 Å². The molecule has 9 heteroatoms. The molecule has 0 bridgehead atoms. The minimum Gasteiger partial charge on any atom is -0.394 e. The van der Waals surface area contributed by atoms with E-state index in [4.69, 9.17) is 9.47 Å². The third-order valence-corrected chi connectivity index (χ3v) is 16.4. The Morgan fingerprint density at radius 3 is 1.04 bits per heavy atom. The average molecular weight is 1060 g/mol. The van der Waals surface area contributed by atoms with E-state index in [2.05, 4.69) is 19.2 Å². The van der Waals surface area contributed by atoms with Gasteiger partial charge < -0.3 is 40.3 Å². The summed E-state index contributed by atoms with van der Waals surface area (Å²) in [5, 5.41) is 54.7. The molecule has 0 aliphatic carbocycles. The summed E-state index contributed by atoms with van der Waals surface area (Å²) in [6, 6.07) is -0.801. The normalized spacial score (nSPS) is 18.8. The SMILES string of the molecule is CCCCCCCCCCCCCCCCCCCCCCCCC/C=C/C(O)C(COC1OC(CO)C(O)C(O)C1O)NC(=O)CCCCCCCCCCCCCCCCCCCCCCCCCCCCC. The quantitative estimate of drug-likeness (QED) is 0.0261. The van der Waals surface area contributed by atoms with Gasteiger partial charge >= 0.3 is 0 Å². The van der Waals surface area contributed by atoms with Crippen molar-refractivity contribution in [2.24, 2.45) is 0 Å². The lowest BCUT2D eigenvalue weighted by Gasteiger charge is -2.40. The number of nitrogens with one attached hydrogen (secondary N) is 1. The van der Waals surface area contributed by atoms with Crippen LogP contribution in [0.5, 0.6) is 0 Å². The van der Waals surface area contributed by atoms with E-state index in [0.717, 1.165) is 38.5 Å². The van der Waals surface area contributed by atoms with Crippen LogP contribution < -0.4 is 5.32 Å². The van der Waals surface area contributed by atoms with Gasteiger partial charge in [-0.05, 0) is 19.3 Å². The summed E-state index contributed by atoms with van der Waals surface area (Å²) in [4.78, 5) is 13.1. The first-order chi connectivity index (χ1) is 36.8. The highest BCUT2D eigenvalue weighted by Gasteiger charge is 2.44. The van der Waals surface area contributed by atoms with Gasteiger partial charge in [-0.1, -0.05) is 334 Å². The molecule has 0 radical (unpaired) electrons. The molecule has 1 heterocycles. The second-order valence-corrected chi connectivity index (χ2v) is 23.6.